The molecule has 152 valence electrons. The number of carboxylic acid groups (broad SMARTS) is 1. The van der Waals surface area contributed by atoms with Crippen LogP contribution < -0.4 is 0 Å². The number of hydrogen-bond donors (Lipinski definition) is 1. The highest BCUT2D eigenvalue weighted by molar-refractivity contribution is 5.81. The molecule has 2 aliphatic carbocycles. The summed E-state index contributed by atoms with van der Waals surface area (Å²) in [5.41, 5.74) is 4.53. The quantitative estimate of drug-likeness (QED) is 0.770. The monoisotopic (exact) mass is 395 g/mol. The van der Waals surface area contributed by atoms with Crippen LogP contribution in [0.25, 0.3) is 11.1 Å². The number of rotatable bonds is 7. The third kappa shape index (κ3) is 3.85. The van der Waals surface area contributed by atoms with Gasteiger partial charge in [0.25, 0.3) is 0 Å². The van der Waals surface area contributed by atoms with Crippen LogP contribution in [0.15, 0.2) is 48.5 Å². The molecule has 6 nitrogen and oxygen atoms in total. The third-order valence-corrected chi connectivity index (χ3v) is 5.92. The Balaban J connectivity index is 1.42. The summed E-state index contributed by atoms with van der Waals surface area (Å²) in [5.74, 6) is -1.16. The van der Waals surface area contributed by atoms with Gasteiger partial charge in [0.05, 0.1) is 12.7 Å². The molecule has 1 amide bonds. The number of carbonyl (C=O) groups excluding carboxylic acids is 1. The van der Waals surface area contributed by atoms with Crippen molar-refractivity contribution in [3.05, 3.63) is 59.7 Å². The fraction of sp³-hybridized carbons (Fsp3) is 0.391. The largest absolute Gasteiger partial charge is 0.480 e. The fourth-order valence-electron chi connectivity index (χ4n) is 3.94. The molecule has 29 heavy (non-hydrogen) atoms. The number of amides is 1. The highest BCUT2D eigenvalue weighted by Gasteiger charge is 2.33. The molecule has 1 fully saturated rings. The second kappa shape index (κ2) is 8.25. The third-order valence-electron chi connectivity index (χ3n) is 5.92. The van der Waals surface area contributed by atoms with Gasteiger partial charge in [-0.2, -0.15) is 0 Å². The molecular weight excluding hydrogens is 370 g/mol. The van der Waals surface area contributed by atoms with E-state index < -0.39 is 18.1 Å². The van der Waals surface area contributed by atoms with Gasteiger partial charge in [0.15, 0.2) is 6.04 Å². The molecule has 6 heteroatoms. The Hall–Kier alpha value is -2.86. The number of fused-ring (bicyclic) bond motifs is 3. The number of likely N-dealkylation sites (N-methyl/N-ethyl adjacent to an activating group) is 1. The average Bonchev–Trinajstić information content (AvgIpc) is 3.01. The van der Waals surface area contributed by atoms with Crippen LogP contribution in [0.4, 0.5) is 4.79 Å². The highest BCUT2D eigenvalue weighted by Crippen LogP contribution is 2.44. The second-order valence-corrected chi connectivity index (χ2v) is 7.66. The van der Waals surface area contributed by atoms with Crippen LogP contribution in [0.1, 0.15) is 36.3 Å². The number of nitrogens with zero attached hydrogens (tertiary/aromatic N) is 1. The smallest absolute Gasteiger partial charge is 0.410 e. The van der Waals surface area contributed by atoms with E-state index in [-0.39, 0.29) is 25.2 Å². The Morgan fingerprint density at radius 2 is 1.66 bits per heavy atom. The first kappa shape index (κ1) is 19.5. The Labute approximate surface area is 170 Å². The lowest BCUT2D eigenvalue weighted by molar-refractivity contribution is -0.146. The van der Waals surface area contributed by atoms with Gasteiger partial charge >= 0.3 is 12.1 Å². The molecule has 0 aromatic heterocycles. The van der Waals surface area contributed by atoms with E-state index in [4.69, 9.17) is 9.47 Å². The first-order valence-corrected chi connectivity index (χ1v) is 9.98. The summed E-state index contributed by atoms with van der Waals surface area (Å²) in [7, 11) is 1.45. The molecule has 0 heterocycles. The standard InChI is InChI=1S/C23H25NO5/c1-24(21(22(25)26)14-28-15-7-6-8-15)23(27)29-13-20-18-11-4-2-9-16(18)17-10-3-5-12-19(17)20/h2-5,9-12,15,20-21H,6-8,13-14H2,1H3,(H,25,26)/t21-/m0/s1. The molecule has 1 atom stereocenters. The Bertz CT molecular complexity index is 862. The minimum Gasteiger partial charge on any atom is -0.480 e. The van der Waals surface area contributed by atoms with Gasteiger partial charge in [0.2, 0.25) is 0 Å². The van der Waals surface area contributed by atoms with Crippen molar-refractivity contribution >= 4 is 12.1 Å². The Kier molecular flexibility index (Phi) is 5.53. The van der Waals surface area contributed by atoms with Crippen LogP contribution in [0.2, 0.25) is 0 Å². The zero-order chi connectivity index (χ0) is 20.4. The summed E-state index contributed by atoms with van der Waals surface area (Å²) in [4.78, 5) is 25.3. The molecule has 2 aliphatic rings. The SMILES string of the molecule is CN(C(=O)OCC1c2ccccc2-c2ccccc21)[C@@H](COC1CCC1)C(=O)O. The summed E-state index contributed by atoms with van der Waals surface area (Å²) in [6.07, 6.45) is 2.44. The zero-order valence-electron chi connectivity index (χ0n) is 16.4. The Morgan fingerprint density at radius 1 is 1.07 bits per heavy atom. The molecule has 0 unspecified atom stereocenters. The molecule has 1 N–H and O–H groups in total. The number of aliphatic carboxylic acids is 1. The Morgan fingerprint density at radius 3 is 2.17 bits per heavy atom. The predicted octanol–water partition coefficient (Wildman–Crippen LogP) is 3.89. The van der Waals surface area contributed by atoms with Gasteiger partial charge in [-0.05, 0) is 41.5 Å². The molecule has 2 aromatic carbocycles. The summed E-state index contributed by atoms with van der Waals surface area (Å²) in [6, 6.07) is 15.1. The van der Waals surface area contributed by atoms with E-state index in [9.17, 15) is 14.7 Å². The van der Waals surface area contributed by atoms with E-state index in [0.717, 1.165) is 46.4 Å². The molecule has 0 bridgehead atoms. The molecule has 0 spiro atoms. The summed E-state index contributed by atoms with van der Waals surface area (Å²) in [6.45, 7) is 0.133. The van der Waals surface area contributed by atoms with Crippen molar-refractivity contribution in [3.8, 4) is 11.1 Å². The maximum Gasteiger partial charge on any atom is 0.410 e. The van der Waals surface area contributed by atoms with Gasteiger partial charge in [-0.15, -0.1) is 0 Å². The number of benzene rings is 2. The maximum absolute atomic E-state index is 12.6. The van der Waals surface area contributed by atoms with Gasteiger partial charge in [-0.3, -0.25) is 4.90 Å². The van der Waals surface area contributed by atoms with Crippen LogP contribution in [0.5, 0.6) is 0 Å². The van der Waals surface area contributed by atoms with Crippen molar-refractivity contribution in [1.29, 1.82) is 0 Å². The summed E-state index contributed by atoms with van der Waals surface area (Å²) < 4.78 is 11.2. The molecule has 1 saturated carbocycles. The van der Waals surface area contributed by atoms with Crippen LogP contribution in [-0.2, 0) is 14.3 Å². The average molecular weight is 395 g/mol. The van der Waals surface area contributed by atoms with E-state index in [1.54, 1.807) is 0 Å². The lowest BCUT2D eigenvalue weighted by atomic mass is 9.96. The fourth-order valence-corrected chi connectivity index (χ4v) is 3.94. The van der Waals surface area contributed by atoms with E-state index in [2.05, 4.69) is 12.1 Å². The number of carbonyl (C=O) groups is 2. The minimum absolute atomic E-state index is 0.0271. The summed E-state index contributed by atoms with van der Waals surface area (Å²) in [5, 5.41) is 9.51. The van der Waals surface area contributed by atoms with Gasteiger partial charge in [-0.25, -0.2) is 9.59 Å². The van der Waals surface area contributed by atoms with Crippen molar-refractivity contribution in [1.82, 2.24) is 4.90 Å². The van der Waals surface area contributed by atoms with Gasteiger partial charge in [-0.1, -0.05) is 48.5 Å². The second-order valence-electron chi connectivity index (χ2n) is 7.66. The van der Waals surface area contributed by atoms with E-state index in [0.29, 0.717) is 0 Å². The lowest BCUT2D eigenvalue weighted by Crippen LogP contribution is -2.46. The molecule has 0 aliphatic heterocycles. The van der Waals surface area contributed by atoms with Crippen molar-refractivity contribution < 1.29 is 24.2 Å². The zero-order valence-corrected chi connectivity index (χ0v) is 16.4. The number of ether oxygens (including phenoxy) is 2. The first-order valence-electron chi connectivity index (χ1n) is 9.98. The van der Waals surface area contributed by atoms with E-state index in [1.807, 2.05) is 36.4 Å². The number of hydrogen-bond acceptors (Lipinski definition) is 4. The van der Waals surface area contributed by atoms with Crippen molar-refractivity contribution in [3.63, 3.8) is 0 Å². The first-order chi connectivity index (χ1) is 14.1. The maximum atomic E-state index is 12.6. The van der Waals surface area contributed by atoms with Crippen LogP contribution in [0.3, 0.4) is 0 Å². The molecule has 0 radical (unpaired) electrons. The van der Waals surface area contributed by atoms with Crippen molar-refractivity contribution in [2.24, 2.45) is 0 Å². The van der Waals surface area contributed by atoms with Gasteiger partial charge < -0.3 is 14.6 Å². The lowest BCUT2D eigenvalue weighted by Gasteiger charge is -2.30. The van der Waals surface area contributed by atoms with Crippen molar-refractivity contribution in [2.75, 3.05) is 20.3 Å². The van der Waals surface area contributed by atoms with Crippen molar-refractivity contribution in [2.45, 2.75) is 37.3 Å². The topological polar surface area (TPSA) is 76.1 Å². The van der Waals surface area contributed by atoms with Crippen LogP contribution >= 0.6 is 0 Å². The minimum atomic E-state index is -1.10. The van der Waals surface area contributed by atoms with Gasteiger partial charge in [0.1, 0.15) is 6.61 Å². The normalized spacial score (nSPS) is 16.4. The molecule has 4 rings (SSSR count). The molecule has 2 aromatic rings. The van der Waals surface area contributed by atoms with E-state index in [1.165, 1.54) is 7.05 Å². The predicted molar refractivity (Wildman–Crippen MR) is 108 cm³/mol. The number of carboxylic acids is 1. The van der Waals surface area contributed by atoms with Crippen LogP contribution in [-0.4, -0.2) is 54.5 Å². The summed E-state index contributed by atoms with van der Waals surface area (Å²) >= 11 is 0. The van der Waals surface area contributed by atoms with Gasteiger partial charge in [0, 0.05) is 13.0 Å². The molecule has 0 saturated heterocycles. The molecular formula is C23H25NO5. The van der Waals surface area contributed by atoms with Crippen LogP contribution in [0, 0.1) is 0 Å². The highest BCUT2D eigenvalue weighted by atomic mass is 16.6. The van der Waals surface area contributed by atoms with E-state index >= 15 is 0 Å².